The third kappa shape index (κ3) is 2.73. The summed E-state index contributed by atoms with van der Waals surface area (Å²) >= 11 is 0. The lowest BCUT2D eigenvalue weighted by atomic mass is 10.1. The van der Waals surface area contributed by atoms with Crippen LogP contribution in [0.2, 0.25) is 0 Å². The highest BCUT2D eigenvalue weighted by Gasteiger charge is 2.30. The summed E-state index contributed by atoms with van der Waals surface area (Å²) in [5.74, 6) is 1.53. The van der Waals surface area contributed by atoms with Crippen LogP contribution in [0.4, 0.5) is 4.39 Å². The van der Waals surface area contributed by atoms with E-state index in [0.717, 1.165) is 45.6 Å². The number of aryl methyl sites for hydroxylation is 1. The molecule has 1 aromatic carbocycles. The van der Waals surface area contributed by atoms with Crippen molar-refractivity contribution in [3.63, 3.8) is 0 Å². The summed E-state index contributed by atoms with van der Waals surface area (Å²) < 4.78 is 21.6. The minimum atomic E-state index is -0.800. The number of imidazole rings is 1. The van der Waals surface area contributed by atoms with Gasteiger partial charge in [-0.3, -0.25) is 4.98 Å². The molecular formula is C21H18FN5O. The second-order valence-corrected chi connectivity index (χ2v) is 7.41. The quantitative estimate of drug-likeness (QED) is 0.530. The summed E-state index contributed by atoms with van der Waals surface area (Å²) in [6.07, 6.45) is 3.20. The summed E-state index contributed by atoms with van der Waals surface area (Å²) in [5.41, 5.74) is 3.83. The minimum Gasteiger partial charge on any atom is -0.361 e. The number of halogens is 1. The molecule has 0 N–H and O–H groups in total. The highest BCUT2D eigenvalue weighted by molar-refractivity contribution is 6.02. The molecule has 0 amide bonds. The summed E-state index contributed by atoms with van der Waals surface area (Å²) in [6, 6.07) is 9.54. The van der Waals surface area contributed by atoms with E-state index in [2.05, 4.69) is 20.8 Å². The lowest BCUT2D eigenvalue weighted by molar-refractivity contribution is 0.330. The molecule has 0 aliphatic heterocycles. The van der Waals surface area contributed by atoms with Gasteiger partial charge in [-0.2, -0.15) is 5.26 Å². The van der Waals surface area contributed by atoms with Gasteiger partial charge >= 0.3 is 0 Å². The van der Waals surface area contributed by atoms with Crippen LogP contribution < -0.4 is 0 Å². The molecule has 5 rings (SSSR count). The summed E-state index contributed by atoms with van der Waals surface area (Å²) in [7, 11) is 0. The number of aromatic nitrogens is 4. The highest BCUT2D eigenvalue weighted by atomic mass is 19.1. The van der Waals surface area contributed by atoms with Crippen LogP contribution in [0.5, 0.6) is 0 Å². The lowest BCUT2D eigenvalue weighted by Crippen LogP contribution is -2.11. The van der Waals surface area contributed by atoms with Gasteiger partial charge in [0, 0.05) is 17.5 Å². The van der Waals surface area contributed by atoms with Gasteiger partial charge in [-0.05, 0) is 44.4 Å². The molecule has 1 aliphatic carbocycles. The van der Waals surface area contributed by atoms with Gasteiger partial charge in [-0.15, -0.1) is 0 Å². The van der Waals surface area contributed by atoms with E-state index >= 15 is 0 Å². The first kappa shape index (κ1) is 16.9. The van der Waals surface area contributed by atoms with Crippen LogP contribution in [0.25, 0.3) is 21.9 Å². The van der Waals surface area contributed by atoms with Crippen LogP contribution in [0, 0.1) is 18.3 Å². The van der Waals surface area contributed by atoms with Gasteiger partial charge in [0.05, 0.1) is 41.0 Å². The Morgan fingerprint density at radius 1 is 1.29 bits per heavy atom. The average molecular weight is 375 g/mol. The number of benzene rings is 1. The van der Waals surface area contributed by atoms with E-state index in [1.54, 1.807) is 12.3 Å². The van der Waals surface area contributed by atoms with Gasteiger partial charge in [0.25, 0.3) is 0 Å². The maximum atomic E-state index is 14.0. The largest absolute Gasteiger partial charge is 0.361 e. The smallest absolute Gasteiger partial charge is 0.144 e. The Morgan fingerprint density at radius 3 is 2.89 bits per heavy atom. The molecule has 1 fully saturated rings. The molecule has 1 saturated carbocycles. The number of pyridine rings is 1. The first-order valence-electron chi connectivity index (χ1n) is 9.38. The summed E-state index contributed by atoms with van der Waals surface area (Å²) in [5, 5.41) is 14.2. The third-order valence-corrected chi connectivity index (χ3v) is 5.43. The van der Waals surface area contributed by atoms with Crippen molar-refractivity contribution in [3.8, 4) is 6.07 Å². The van der Waals surface area contributed by atoms with Crippen molar-refractivity contribution in [1.82, 2.24) is 19.7 Å². The number of fused-ring (bicyclic) bond motifs is 3. The zero-order valence-corrected chi connectivity index (χ0v) is 15.4. The number of alkyl halides is 1. The zero-order chi connectivity index (χ0) is 19.3. The van der Waals surface area contributed by atoms with Gasteiger partial charge in [0.1, 0.15) is 23.3 Å². The fourth-order valence-electron chi connectivity index (χ4n) is 4.21. The van der Waals surface area contributed by atoms with Gasteiger partial charge in [-0.1, -0.05) is 5.16 Å². The van der Waals surface area contributed by atoms with Gasteiger partial charge in [0.2, 0.25) is 0 Å². The second kappa shape index (κ2) is 6.41. The number of nitrogens with zero attached hydrogens (tertiary/aromatic N) is 5. The van der Waals surface area contributed by atoms with Crippen molar-refractivity contribution < 1.29 is 8.91 Å². The van der Waals surface area contributed by atoms with E-state index in [-0.39, 0.29) is 6.04 Å². The van der Waals surface area contributed by atoms with Crippen LogP contribution in [0.15, 0.2) is 35.0 Å². The molecule has 0 bridgehead atoms. The van der Waals surface area contributed by atoms with Crippen molar-refractivity contribution >= 4 is 21.9 Å². The number of rotatable bonds is 3. The molecule has 4 aromatic rings. The number of hydrogen-bond donors (Lipinski definition) is 0. The SMILES string of the molecule is Cc1cc(Cc2nc3cnc4ccc(C#N)cc4c3n2[C@H]2CC[C@@H](F)C2)on1. The normalized spacial score (nSPS) is 19.5. The highest BCUT2D eigenvalue weighted by Crippen LogP contribution is 2.38. The maximum Gasteiger partial charge on any atom is 0.144 e. The molecule has 28 heavy (non-hydrogen) atoms. The molecule has 3 heterocycles. The molecule has 0 saturated heterocycles. The maximum absolute atomic E-state index is 14.0. The zero-order valence-electron chi connectivity index (χ0n) is 15.4. The van der Waals surface area contributed by atoms with Gasteiger partial charge in [0.15, 0.2) is 0 Å². The third-order valence-electron chi connectivity index (χ3n) is 5.43. The van der Waals surface area contributed by atoms with Crippen LogP contribution >= 0.6 is 0 Å². The van der Waals surface area contributed by atoms with Crippen molar-refractivity contribution in [2.75, 3.05) is 0 Å². The molecule has 0 unspecified atom stereocenters. The van der Waals surface area contributed by atoms with Crippen LogP contribution in [-0.2, 0) is 6.42 Å². The molecule has 6 nitrogen and oxygen atoms in total. The molecule has 3 aromatic heterocycles. The van der Waals surface area contributed by atoms with Crippen LogP contribution in [-0.4, -0.2) is 25.9 Å². The first-order valence-corrected chi connectivity index (χ1v) is 9.38. The lowest BCUT2D eigenvalue weighted by Gasteiger charge is -2.17. The fraction of sp³-hybridized carbons (Fsp3) is 0.333. The van der Waals surface area contributed by atoms with Gasteiger partial charge in [-0.25, -0.2) is 9.37 Å². The Kier molecular flexibility index (Phi) is 3.86. The molecule has 7 heteroatoms. The standard InChI is InChI=1S/C21H18FN5O/c1-12-6-16(28-26-12)9-20-25-19-11-24-18-5-2-13(10-23)7-17(18)21(19)27(20)15-4-3-14(22)8-15/h2,5-7,11,14-15H,3-4,8-9H2,1H3/t14-,15+/m1/s1. The predicted molar refractivity (Wildman–Crippen MR) is 102 cm³/mol. The Bertz CT molecular complexity index is 1240. The van der Waals surface area contributed by atoms with E-state index in [1.807, 2.05) is 25.1 Å². The van der Waals surface area contributed by atoms with E-state index in [4.69, 9.17) is 9.51 Å². The monoisotopic (exact) mass is 375 g/mol. The molecule has 0 spiro atoms. The predicted octanol–water partition coefficient (Wildman–Crippen LogP) is 4.41. The Balaban J connectivity index is 1.76. The molecule has 2 atom stereocenters. The van der Waals surface area contributed by atoms with E-state index in [0.29, 0.717) is 24.8 Å². The Hall–Kier alpha value is -3.27. The molecule has 140 valence electrons. The van der Waals surface area contributed by atoms with Crippen LogP contribution in [0.3, 0.4) is 0 Å². The van der Waals surface area contributed by atoms with Gasteiger partial charge < -0.3 is 9.09 Å². The Morgan fingerprint density at radius 2 is 2.18 bits per heavy atom. The van der Waals surface area contributed by atoms with E-state index in [9.17, 15) is 9.65 Å². The average Bonchev–Trinajstić information content (AvgIpc) is 3.39. The molecule has 1 aliphatic rings. The van der Waals surface area contributed by atoms with Crippen molar-refractivity contribution in [1.29, 1.82) is 5.26 Å². The van der Waals surface area contributed by atoms with E-state index < -0.39 is 6.17 Å². The van der Waals surface area contributed by atoms with Crippen molar-refractivity contribution in [2.24, 2.45) is 0 Å². The summed E-state index contributed by atoms with van der Waals surface area (Å²) in [6.45, 7) is 1.88. The van der Waals surface area contributed by atoms with E-state index in [1.165, 1.54) is 0 Å². The van der Waals surface area contributed by atoms with Crippen LogP contribution in [0.1, 0.15) is 48.1 Å². The first-order chi connectivity index (χ1) is 13.6. The van der Waals surface area contributed by atoms with Crippen molar-refractivity contribution in [3.05, 3.63) is 53.3 Å². The van der Waals surface area contributed by atoms with Crippen molar-refractivity contribution in [2.45, 2.75) is 44.8 Å². The molecular weight excluding hydrogens is 357 g/mol. The fourth-order valence-corrected chi connectivity index (χ4v) is 4.21. The topological polar surface area (TPSA) is 80.5 Å². The Labute approximate surface area is 160 Å². The summed E-state index contributed by atoms with van der Waals surface area (Å²) in [4.78, 5) is 9.30. The second-order valence-electron chi connectivity index (χ2n) is 7.41. The number of nitriles is 1. The minimum absolute atomic E-state index is 0.0235. The molecule has 0 radical (unpaired) electrons. The number of hydrogen-bond acceptors (Lipinski definition) is 5.